The molecule has 3 N–H and O–H groups in total. The van der Waals surface area contributed by atoms with Crippen LogP contribution in [0, 0.1) is 11.7 Å². The van der Waals surface area contributed by atoms with Crippen LogP contribution in [0.1, 0.15) is 37.1 Å². The Morgan fingerprint density at radius 1 is 1.07 bits per heavy atom. The zero-order valence-corrected chi connectivity index (χ0v) is 22.6. The highest BCUT2D eigenvalue weighted by Gasteiger charge is 2.45. The van der Waals surface area contributed by atoms with Crippen LogP contribution in [0.4, 0.5) is 26.7 Å². The Labute approximate surface area is 237 Å². The zero-order valence-electron chi connectivity index (χ0n) is 21.9. The highest BCUT2D eigenvalue weighted by atomic mass is 35.5. The van der Waals surface area contributed by atoms with Gasteiger partial charge in [-0.3, -0.25) is 9.78 Å². The third-order valence-electron chi connectivity index (χ3n) is 6.19. The van der Waals surface area contributed by atoms with Crippen molar-refractivity contribution in [1.29, 1.82) is 0 Å². The molecule has 1 aromatic heterocycles. The molecule has 0 aliphatic heterocycles. The number of pyridine rings is 1. The summed E-state index contributed by atoms with van der Waals surface area (Å²) in [5.41, 5.74) is -1.33. The van der Waals surface area contributed by atoms with Crippen LogP contribution in [0.5, 0.6) is 5.75 Å². The molecule has 7 nitrogen and oxygen atoms in total. The molecule has 220 valence electrons. The number of aliphatic carboxylic acids is 1. The van der Waals surface area contributed by atoms with E-state index in [-0.39, 0.29) is 28.6 Å². The molecule has 0 saturated heterocycles. The number of amides is 2. The second-order valence-corrected chi connectivity index (χ2v) is 10.1. The SMILES string of the molecule is CC(C)C(CC(=O)O)NC(=O)NC(Cc1ccccc1)(c1cc(F)cc(OC(F)(F)C(F)F)c1)c1ccc(Cl)cn1. The van der Waals surface area contributed by atoms with Gasteiger partial charge in [-0.2, -0.15) is 17.6 Å². The van der Waals surface area contributed by atoms with E-state index in [1.165, 1.54) is 18.3 Å². The molecular weight excluding hydrogens is 573 g/mol. The van der Waals surface area contributed by atoms with Crippen molar-refractivity contribution in [1.82, 2.24) is 15.6 Å². The summed E-state index contributed by atoms with van der Waals surface area (Å²) >= 11 is 6.03. The van der Waals surface area contributed by atoms with Crippen LogP contribution in [0.3, 0.4) is 0 Å². The topological polar surface area (TPSA) is 101 Å². The lowest BCUT2D eigenvalue weighted by atomic mass is 9.80. The Bertz CT molecular complexity index is 1350. The number of halogens is 6. The van der Waals surface area contributed by atoms with Gasteiger partial charge in [0, 0.05) is 24.7 Å². The Morgan fingerprint density at radius 3 is 2.32 bits per heavy atom. The highest BCUT2D eigenvalue weighted by molar-refractivity contribution is 6.30. The number of benzene rings is 2. The maximum Gasteiger partial charge on any atom is 0.461 e. The first kappa shape index (κ1) is 31.6. The van der Waals surface area contributed by atoms with Crippen molar-refractivity contribution in [2.24, 2.45) is 5.92 Å². The minimum atomic E-state index is -4.93. The lowest BCUT2D eigenvalue weighted by Gasteiger charge is -2.36. The number of rotatable bonds is 12. The van der Waals surface area contributed by atoms with Crippen LogP contribution < -0.4 is 15.4 Å². The van der Waals surface area contributed by atoms with Crippen molar-refractivity contribution in [2.75, 3.05) is 0 Å². The molecule has 0 aliphatic carbocycles. The average molecular weight is 600 g/mol. The smallest absolute Gasteiger partial charge is 0.461 e. The van der Waals surface area contributed by atoms with Gasteiger partial charge in [0.25, 0.3) is 0 Å². The number of carbonyl (C=O) groups excluding carboxylic acids is 1. The number of urea groups is 1. The van der Waals surface area contributed by atoms with E-state index >= 15 is 0 Å². The van der Waals surface area contributed by atoms with Crippen molar-refractivity contribution >= 4 is 23.6 Å². The van der Waals surface area contributed by atoms with Crippen molar-refractivity contribution in [3.05, 3.63) is 94.5 Å². The second kappa shape index (κ2) is 13.2. The molecule has 0 bridgehead atoms. The monoisotopic (exact) mass is 599 g/mol. The number of carbonyl (C=O) groups is 2. The minimum Gasteiger partial charge on any atom is -0.481 e. The number of hydrogen-bond acceptors (Lipinski definition) is 4. The summed E-state index contributed by atoms with van der Waals surface area (Å²) < 4.78 is 72.4. The first-order valence-electron chi connectivity index (χ1n) is 12.3. The van der Waals surface area contributed by atoms with E-state index in [1.807, 2.05) is 0 Å². The zero-order chi connectivity index (χ0) is 30.4. The van der Waals surface area contributed by atoms with E-state index in [0.717, 1.165) is 12.1 Å². The van der Waals surface area contributed by atoms with Gasteiger partial charge in [0.2, 0.25) is 0 Å². The molecule has 0 spiro atoms. The molecule has 2 aromatic carbocycles. The van der Waals surface area contributed by atoms with Crippen LogP contribution in [0.25, 0.3) is 0 Å². The summed E-state index contributed by atoms with van der Waals surface area (Å²) in [4.78, 5) is 29.1. The van der Waals surface area contributed by atoms with E-state index in [0.29, 0.717) is 11.6 Å². The third-order valence-corrected chi connectivity index (χ3v) is 6.42. The van der Waals surface area contributed by atoms with Gasteiger partial charge in [-0.05, 0) is 41.3 Å². The lowest BCUT2D eigenvalue weighted by Crippen LogP contribution is -2.55. The lowest BCUT2D eigenvalue weighted by molar-refractivity contribution is -0.253. The Morgan fingerprint density at radius 2 is 1.76 bits per heavy atom. The number of aromatic nitrogens is 1. The van der Waals surface area contributed by atoms with Crippen molar-refractivity contribution < 1.29 is 41.4 Å². The number of carboxylic acid groups (broad SMARTS) is 1. The Balaban J connectivity index is 2.22. The summed E-state index contributed by atoms with van der Waals surface area (Å²) in [6.45, 7) is 3.40. The van der Waals surface area contributed by atoms with Gasteiger partial charge in [-0.15, -0.1) is 0 Å². The molecular formula is C28H27ClF5N3O4. The average Bonchev–Trinajstić information content (AvgIpc) is 2.88. The molecule has 2 atom stereocenters. The quantitative estimate of drug-likeness (QED) is 0.209. The predicted molar refractivity (Wildman–Crippen MR) is 141 cm³/mol. The van der Waals surface area contributed by atoms with Crippen molar-refractivity contribution in [2.45, 2.75) is 50.8 Å². The minimum absolute atomic E-state index is 0.0809. The van der Waals surface area contributed by atoms with Crippen molar-refractivity contribution in [3.63, 3.8) is 0 Å². The van der Waals surface area contributed by atoms with Crippen LogP contribution in [-0.2, 0) is 16.8 Å². The van der Waals surface area contributed by atoms with Gasteiger partial charge >= 0.3 is 24.5 Å². The summed E-state index contributed by atoms with van der Waals surface area (Å²) in [5.74, 6) is -3.52. The van der Waals surface area contributed by atoms with Gasteiger partial charge in [0.15, 0.2) is 0 Å². The molecule has 0 fully saturated rings. The van der Waals surface area contributed by atoms with Crippen LogP contribution >= 0.6 is 11.6 Å². The van der Waals surface area contributed by atoms with Gasteiger partial charge in [0.05, 0.1) is 17.1 Å². The van der Waals surface area contributed by atoms with E-state index in [2.05, 4.69) is 20.4 Å². The van der Waals surface area contributed by atoms with E-state index in [9.17, 15) is 36.6 Å². The molecule has 0 radical (unpaired) electrons. The second-order valence-electron chi connectivity index (χ2n) is 9.62. The van der Waals surface area contributed by atoms with E-state index in [4.69, 9.17) is 11.6 Å². The van der Waals surface area contributed by atoms with Gasteiger partial charge in [-0.25, -0.2) is 9.18 Å². The Hall–Kier alpha value is -3.93. The fourth-order valence-corrected chi connectivity index (χ4v) is 4.27. The fraction of sp³-hybridized carbons (Fsp3) is 0.321. The van der Waals surface area contributed by atoms with Gasteiger partial charge in [-0.1, -0.05) is 55.8 Å². The number of nitrogens with one attached hydrogen (secondary N) is 2. The largest absolute Gasteiger partial charge is 0.481 e. The number of hydrogen-bond donors (Lipinski definition) is 3. The molecule has 0 aliphatic rings. The number of ether oxygens (including phenoxy) is 1. The summed E-state index contributed by atoms with van der Waals surface area (Å²) in [7, 11) is 0. The molecule has 3 rings (SSSR count). The standard InChI is InChI=1S/C28H27ClF5N3O4/c1-16(2)22(13-24(38)39)36-26(40)37-27(14-17-6-4-3-5-7-17,23-9-8-19(29)15-35-23)18-10-20(30)12-21(11-18)41-28(33,34)25(31)32/h3-12,15-16,22,25H,13-14H2,1-2H3,(H,38,39)(H2,36,37,40). The number of carboxylic acids is 1. The summed E-state index contributed by atoms with van der Waals surface area (Å²) in [6, 6.07) is 12.0. The molecule has 2 amide bonds. The fourth-order valence-electron chi connectivity index (χ4n) is 4.16. The highest BCUT2D eigenvalue weighted by Crippen LogP contribution is 2.37. The molecule has 0 saturated carbocycles. The number of nitrogens with zero attached hydrogens (tertiary/aromatic N) is 1. The molecule has 2 unspecified atom stereocenters. The normalized spacial score (nSPS) is 13.9. The maximum atomic E-state index is 14.9. The maximum absolute atomic E-state index is 14.9. The van der Waals surface area contributed by atoms with Crippen LogP contribution in [0.15, 0.2) is 66.9 Å². The van der Waals surface area contributed by atoms with Crippen LogP contribution in [0.2, 0.25) is 5.02 Å². The predicted octanol–water partition coefficient (Wildman–Crippen LogP) is 6.40. The van der Waals surface area contributed by atoms with Gasteiger partial charge in [0.1, 0.15) is 17.1 Å². The van der Waals surface area contributed by atoms with Crippen molar-refractivity contribution in [3.8, 4) is 5.75 Å². The van der Waals surface area contributed by atoms with E-state index in [1.54, 1.807) is 44.2 Å². The van der Waals surface area contributed by atoms with Crippen LogP contribution in [-0.4, -0.2) is 40.7 Å². The molecule has 13 heteroatoms. The molecule has 3 aromatic rings. The first-order chi connectivity index (χ1) is 19.2. The van der Waals surface area contributed by atoms with E-state index < -0.39 is 54.1 Å². The summed E-state index contributed by atoms with van der Waals surface area (Å²) in [6.07, 6.45) is -8.42. The first-order valence-corrected chi connectivity index (χ1v) is 12.7. The number of alkyl halides is 4. The molecule has 41 heavy (non-hydrogen) atoms. The Kier molecular flexibility index (Phi) is 10.1. The summed E-state index contributed by atoms with van der Waals surface area (Å²) in [5, 5.41) is 14.8. The third kappa shape index (κ3) is 8.29. The van der Waals surface area contributed by atoms with Gasteiger partial charge < -0.3 is 20.5 Å². The molecule has 1 heterocycles.